The van der Waals surface area contributed by atoms with Crippen molar-refractivity contribution in [3.05, 3.63) is 65.5 Å². The normalized spacial score (nSPS) is 10.6. The molecule has 0 spiro atoms. The van der Waals surface area contributed by atoms with Gasteiger partial charge in [0.05, 0.1) is 11.3 Å². The van der Waals surface area contributed by atoms with E-state index in [-0.39, 0.29) is 23.8 Å². The third-order valence-electron chi connectivity index (χ3n) is 4.29. The molecule has 156 valence electrons. The molecule has 1 amide bonds. The lowest BCUT2D eigenvalue weighted by molar-refractivity contribution is -0.113. The van der Waals surface area contributed by atoms with E-state index in [4.69, 9.17) is 9.84 Å². The molecule has 0 aliphatic heterocycles. The number of carboxylic acids is 1. The van der Waals surface area contributed by atoms with Crippen molar-refractivity contribution >= 4 is 29.3 Å². The molecule has 1 heterocycles. The first-order valence-electron chi connectivity index (χ1n) is 9.34. The van der Waals surface area contributed by atoms with E-state index < -0.39 is 5.97 Å². The second-order valence-electron chi connectivity index (χ2n) is 6.42. The number of thioether (sulfide) groups is 1. The van der Waals surface area contributed by atoms with Crippen molar-refractivity contribution in [3.63, 3.8) is 0 Å². The molecule has 9 heteroatoms. The van der Waals surface area contributed by atoms with E-state index in [0.29, 0.717) is 23.2 Å². The van der Waals surface area contributed by atoms with E-state index in [1.165, 1.54) is 23.9 Å². The molecule has 0 atom stereocenters. The number of amides is 1. The Morgan fingerprint density at radius 3 is 2.70 bits per heavy atom. The Morgan fingerprint density at radius 1 is 1.17 bits per heavy atom. The van der Waals surface area contributed by atoms with Crippen LogP contribution < -0.4 is 10.1 Å². The van der Waals surface area contributed by atoms with Crippen molar-refractivity contribution in [2.75, 3.05) is 11.1 Å². The van der Waals surface area contributed by atoms with E-state index in [0.717, 1.165) is 11.3 Å². The maximum absolute atomic E-state index is 12.3. The summed E-state index contributed by atoms with van der Waals surface area (Å²) in [6.07, 6.45) is 0. The highest BCUT2D eigenvalue weighted by Crippen LogP contribution is 2.21. The molecule has 0 saturated carbocycles. The third kappa shape index (κ3) is 5.38. The largest absolute Gasteiger partial charge is 0.485 e. The monoisotopic (exact) mass is 426 g/mol. The van der Waals surface area contributed by atoms with Gasteiger partial charge in [0.15, 0.2) is 11.0 Å². The number of carbonyl (C=O) groups excluding carboxylic acids is 1. The van der Waals surface area contributed by atoms with Gasteiger partial charge in [0.2, 0.25) is 5.91 Å². The molecule has 0 radical (unpaired) electrons. The molecule has 3 aromatic rings. The van der Waals surface area contributed by atoms with Crippen LogP contribution >= 0.6 is 11.8 Å². The van der Waals surface area contributed by atoms with E-state index in [2.05, 4.69) is 15.5 Å². The van der Waals surface area contributed by atoms with Crippen LogP contribution in [0.15, 0.2) is 53.7 Å². The Balaban J connectivity index is 1.59. The van der Waals surface area contributed by atoms with Gasteiger partial charge in [-0.3, -0.25) is 4.79 Å². The van der Waals surface area contributed by atoms with Crippen LogP contribution in [0.4, 0.5) is 5.69 Å². The number of aromatic nitrogens is 3. The van der Waals surface area contributed by atoms with Crippen molar-refractivity contribution in [2.45, 2.75) is 32.2 Å². The van der Waals surface area contributed by atoms with Crippen LogP contribution in [-0.2, 0) is 17.9 Å². The number of carbonyl (C=O) groups is 2. The average molecular weight is 426 g/mol. The summed E-state index contributed by atoms with van der Waals surface area (Å²) in [5.74, 6) is 0.287. The number of benzene rings is 2. The zero-order chi connectivity index (χ0) is 21.5. The van der Waals surface area contributed by atoms with Crippen LogP contribution in [0.25, 0.3) is 0 Å². The van der Waals surface area contributed by atoms with Crippen LogP contribution in [0.5, 0.6) is 5.75 Å². The molecule has 0 unspecified atom stereocenters. The van der Waals surface area contributed by atoms with Crippen LogP contribution in [0.3, 0.4) is 0 Å². The fraction of sp³-hybridized carbons (Fsp3) is 0.238. The highest BCUT2D eigenvalue weighted by molar-refractivity contribution is 7.99. The van der Waals surface area contributed by atoms with Gasteiger partial charge < -0.3 is 19.7 Å². The molecule has 3 rings (SSSR count). The number of nitrogens with zero attached hydrogens (tertiary/aromatic N) is 3. The summed E-state index contributed by atoms with van der Waals surface area (Å²) in [6.45, 7) is 4.87. The molecule has 0 saturated heterocycles. The fourth-order valence-electron chi connectivity index (χ4n) is 2.77. The minimum absolute atomic E-state index is 0.115. The van der Waals surface area contributed by atoms with Crippen LogP contribution in [-0.4, -0.2) is 37.5 Å². The van der Waals surface area contributed by atoms with Crippen molar-refractivity contribution < 1.29 is 19.4 Å². The summed E-state index contributed by atoms with van der Waals surface area (Å²) in [5.41, 5.74) is 1.59. The number of anilines is 1. The molecule has 1 aromatic heterocycles. The number of aromatic carboxylic acids is 1. The predicted octanol–water partition coefficient (Wildman–Crippen LogP) is 3.61. The van der Waals surface area contributed by atoms with Gasteiger partial charge in [0.1, 0.15) is 12.4 Å². The minimum atomic E-state index is -1.04. The number of hydrogen-bond acceptors (Lipinski definition) is 6. The molecular weight excluding hydrogens is 404 g/mol. The lowest BCUT2D eigenvalue weighted by atomic mass is 10.2. The number of hydrogen-bond donors (Lipinski definition) is 2. The first kappa shape index (κ1) is 21.4. The number of ether oxygens (including phenoxy) is 1. The summed E-state index contributed by atoms with van der Waals surface area (Å²) in [6, 6.07) is 13.9. The number of para-hydroxylation sites is 1. The van der Waals surface area contributed by atoms with E-state index >= 15 is 0 Å². The smallest absolute Gasteiger partial charge is 0.335 e. The molecular formula is C21H22N4O4S. The quantitative estimate of drug-likeness (QED) is 0.503. The Kier molecular flexibility index (Phi) is 7.08. The summed E-state index contributed by atoms with van der Waals surface area (Å²) in [5, 5.41) is 20.7. The summed E-state index contributed by atoms with van der Waals surface area (Å²) < 4.78 is 7.76. The predicted molar refractivity (Wildman–Crippen MR) is 114 cm³/mol. The zero-order valence-electron chi connectivity index (χ0n) is 16.7. The second kappa shape index (κ2) is 9.93. The fourth-order valence-corrected chi connectivity index (χ4v) is 3.59. The molecule has 0 aliphatic rings. The molecule has 2 aromatic carbocycles. The van der Waals surface area contributed by atoms with Gasteiger partial charge in [0.25, 0.3) is 0 Å². The molecule has 8 nitrogen and oxygen atoms in total. The van der Waals surface area contributed by atoms with Gasteiger partial charge in [-0.25, -0.2) is 4.79 Å². The molecule has 0 fully saturated rings. The SMILES string of the molecule is CCn1c(COc2ccccc2C)nnc1SCC(=O)Nc1cccc(C(=O)O)c1. The van der Waals surface area contributed by atoms with Crippen LogP contribution in [0.2, 0.25) is 0 Å². The zero-order valence-corrected chi connectivity index (χ0v) is 17.5. The summed E-state index contributed by atoms with van der Waals surface area (Å²) in [4.78, 5) is 23.3. The first-order valence-corrected chi connectivity index (χ1v) is 10.3. The Hall–Kier alpha value is -3.33. The van der Waals surface area contributed by atoms with E-state index in [9.17, 15) is 9.59 Å². The molecule has 0 bridgehead atoms. The number of nitrogens with one attached hydrogen (secondary N) is 1. The van der Waals surface area contributed by atoms with Crippen molar-refractivity contribution in [3.8, 4) is 5.75 Å². The lowest BCUT2D eigenvalue weighted by Crippen LogP contribution is -2.15. The van der Waals surface area contributed by atoms with Gasteiger partial charge in [0, 0.05) is 12.2 Å². The standard InChI is InChI=1S/C21H22N4O4S/c1-3-25-18(12-29-17-10-5-4-7-14(17)2)23-24-21(25)30-13-19(26)22-16-9-6-8-15(11-16)20(27)28/h4-11H,3,12-13H2,1-2H3,(H,22,26)(H,27,28). The highest BCUT2D eigenvalue weighted by atomic mass is 32.2. The maximum Gasteiger partial charge on any atom is 0.335 e. The van der Waals surface area contributed by atoms with Crippen molar-refractivity contribution in [2.24, 2.45) is 0 Å². The number of aryl methyl sites for hydroxylation is 1. The van der Waals surface area contributed by atoms with Gasteiger partial charge in [-0.2, -0.15) is 0 Å². The van der Waals surface area contributed by atoms with E-state index in [1.807, 2.05) is 42.7 Å². The Bertz CT molecular complexity index is 1050. The maximum atomic E-state index is 12.3. The third-order valence-corrected chi connectivity index (χ3v) is 5.25. The van der Waals surface area contributed by atoms with Gasteiger partial charge in [-0.15, -0.1) is 10.2 Å². The highest BCUT2D eigenvalue weighted by Gasteiger charge is 2.14. The topological polar surface area (TPSA) is 106 Å². The van der Waals surface area contributed by atoms with Gasteiger partial charge in [-0.05, 0) is 43.7 Å². The molecule has 0 aliphatic carbocycles. The molecule has 30 heavy (non-hydrogen) atoms. The molecule has 2 N–H and O–H groups in total. The summed E-state index contributed by atoms with van der Waals surface area (Å²) in [7, 11) is 0. The number of rotatable bonds is 9. The minimum Gasteiger partial charge on any atom is -0.485 e. The Morgan fingerprint density at radius 2 is 1.97 bits per heavy atom. The Labute approximate surface area is 178 Å². The van der Waals surface area contributed by atoms with Crippen LogP contribution in [0, 0.1) is 6.92 Å². The van der Waals surface area contributed by atoms with Crippen molar-refractivity contribution in [1.82, 2.24) is 14.8 Å². The second-order valence-corrected chi connectivity index (χ2v) is 7.36. The summed E-state index contributed by atoms with van der Waals surface area (Å²) >= 11 is 1.26. The number of carboxylic acid groups (broad SMARTS) is 1. The lowest BCUT2D eigenvalue weighted by Gasteiger charge is -2.10. The van der Waals surface area contributed by atoms with Gasteiger partial charge >= 0.3 is 5.97 Å². The van der Waals surface area contributed by atoms with Crippen molar-refractivity contribution in [1.29, 1.82) is 0 Å². The van der Waals surface area contributed by atoms with Gasteiger partial charge in [-0.1, -0.05) is 36.0 Å². The average Bonchev–Trinajstić information content (AvgIpc) is 3.13. The van der Waals surface area contributed by atoms with E-state index in [1.54, 1.807) is 12.1 Å². The first-order chi connectivity index (χ1) is 14.5. The van der Waals surface area contributed by atoms with Crippen LogP contribution in [0.1, 0.15) is 28.7 Å².